The van der Waals surface area contributed by atoms with E-state index in [4.69, 9.17) is 0 Å². The fraction of sp³-hybridized carbons (Fsp3) is 0.625. The van der Waals surface area contributed by atoms with Crippen LogP contribution in [0.1, 0.15) is 51.4 Å². The lowest BCUT2D eigenvalue weighted by Gasteiger charge is -2.38. The van der Waals surface area contributed by atoms with Crippen LogP contribution in [0.4, 0.5) is 5.69 Å². The Balaban J connectivity index is 1.61. The summed E-state index contributed by atoms with van der Waals surface area (Å²) in [6.07, 6.45) is 11.4. The molecule has 104 valence electrons. The van der Waals surface area contributed by atoms with Gasteiger partial charge in [0, 0.05) is 20.7 Å². The summed E-state index contributed by atoms with van der Waals surface area (Å²) in [6.45, 7) is 0. The molecular formula is C16H21Br2N. The molecule has 2 aliphatic rings. The van der Waals surface area contributed by atoms with Crippen molar-refractivity contribution in [1.82, 2.24) is 0 Å². The maximum absolute atomic E-state index is 3.72. The molecule has 1 spiro atoms. The third-order valence-electron chi connectivity index (χ3n) is 5.00. The zero-order valence-corrected chi connectivity index (χ0v) is 14.4. The highest BCUT2D eigenvalue weighted by molar-refractivity contribution is 9.11. The number of rotatable bonds is 2. The first-order valence-corrected chi connectivity index (χ1v) is 8.97. The molecule has 1 nitrogen and oxygen atoms in total. The van der Waals surface area contributed by atoms with Crippen molar-refractivity contribution >= 4 is 37.5 Å². The van der Waals surface area contributed by atoms with Gasteiger partial charge in [0.05, 0.1) is 0 Å². The Morgan fingerprint density at radius 3 is 2.37 bits per heavy atom. The smallest absolute Gasteiger partial charge is 0.0498 e. The van der Waals surface area contributed by atoms with Crippen LogP contribution in [0.2, 0.25) is 0 Å². The minimum Gasteiger partial charge on any atom is -0.381 e. The first-order chi connectivity index (χ1) is 9.17. The van der Waals surface area contributed by atoms with Gasteiger partial charge in [0.15, 0.2) is 0 Å². The van der Waals surface area contributed by atoms with Crippen molar-refractivity contribution in [2.45, 2.75) is 57.4 Å². The molecule has 2 fully saturated rings. The lowest BCUT2D eigenvalue weighted by Crippen LogP contribution is -2.31. The van der Waals surface area contributed by atoms with E-state index in [1.165, 1.54) is 57.1 Å². The molecule has 2 saturated carbocycles. The summed E-state index contributed by atoms with van der Waals surface area (Å²) in [5, 5.41) is 3.72. The molecule has 0 unspecified atom stereocenters. The molecule has 0 aromatic heterocycles. The minimum atomic E-state index is 0.650. The van der Waals surface area contributed by atoms with Crippen molar-refractivity contribution in [3.8, 4) is 0 Å². The van der Waals surface area contributed by atoms with Crippen LogP contribution in [0, 0.1) is 5.41 Å². The second-order valence-corrected chi connectivity index (χ2v) is 8.02. The van der Waals surface area contributed by atoms with Crippen LogP contribution >= 0.6 is 31.9 Å². The summed E-state index contributed by atoms with van der Waals surface area (Å²) in [5.74, 6) is 0. The maximum Gasteiger partial charge on any atom is 0.0498 e. The number of nitrogens with one attached hydrogen (secondary N) is 1. The van der Waals surface area contributed by atoms with Crippen LogP contribution in [0.3, 0.4) is 0 Å². The fourth-order valence-electron chi connectivity index (χ4n) is 3.83. The normalized spacial score (nSPS) is 22.8. The quantitative estimate of drug-likeness (QED) is 0.644. The van der Waals surface area contributed by atoms with Crippen LogP contribution in [0.5, 0.6) is 0 Å². The van der Waals surface area contributed by atoms with E-state index in [0.717, 1.165) is 14.4 Å². The largest absolute Gasteiger partial charge is 0.381 e. The van der Waals surface area contributed by atoms with Crippen molar-refractivity contribution in [3.05, 3.63) is 27.1 Å². The molecule has 2 aliphatic carbocycles. The van der Waals surface area contributed by atoms with Crippen LogP contribution in [0.25, 0.3) is 0 Å². The number of hydrogen-bond donors (Lipinski definition) is 1. The predicted molar refractivity (Wildman–Crippen MR) is 88.6 cm³/mol. The number of hydrogen-bond acceptors (Lipinski definition) is 1. The van der Waals surface area contributed by atoms with Crippen molar-refractivity contribution in [1.29, 1.82) is 0 Å². The SMILES string of the molecule is Brc1ccc(Br)c(NC2CCC3(CCCC3)CC2)c1. The number of halogens is 2. The molecule has 1 aromatic carbocycles. The first-order valence-electron chi connectivity index (χ1n) is 7.39. The van der Waals surface area contributed by atoms with Gasteiger partial charge >= 0.3 is 0 Å². The van der Waals surface area contributed by atoms with Gasteiger partial charge in [-0.25, -0.2) is 0 Å². The monoisotopic (exact) mass is 385 g/mol. The molecule has 0 atom stereocenters. The van der Waals surface area contributed by atoms with Crippen LogP contribution in [0.15, 0.2) is 27.1 Å². The molecule has 0 heterocycles. The average molecular weight is 387 g/mol. The highest BCUT2D eigenvalue weighted by Crippen LogP contribution is 2.49. The van der Waals surface area contributed by atoms with E-state index >= 15 is 0 Å². The summed E-state index contributed by atoms with van der Waals surface area (Å²) in [7, 11) is 0. The predicted octanol–water partition coefficient (Wildman–Crippen LogP) is 6.13. The van der Waals surface area contributed by atoms with E-state index in [9.17, 15) is 0 Å². The molecule has 19 heavy (non-hydrogen) atoms. The van der Waals surface area contributed by atoms with Gasteiger partial charge in [-0.1, -0.05) is 28.8 Å². The third kappa shape index (κ3) is 3.18. The lowest BCUT2D eigenvalue weighted by molar-refractivity contribution is 0.188. The Hall–Kier alpha value is -0.0200. The van der Waals surface area contributed by atoms with Crippen LogP contribution in [-0.4, -0.2) is 6.04 Å². The molecule has 0 aliphatic heterocycles. The summed E-state index contributed by atoms with van der Waals surface area (Å²) in [5.41, 5.74) is 1.95. The highest BCUT2D eigenvalue weighted by atomic mass is 79.9. The summed E-state index contributed by atoms with van der Waals surface area (Å²) < 4.78 is 2.30. The molecule has 1 aromatic rings. The summed E-state index contributed by atoms with van der Waals surface area (Å²) in [6, 6.07) is 7.00. The van der Waals surface area contributed by atoms with Crippen LogP contribution < -0.4 is 5.32 Å². The maximum atomic E-state index is 3.72. The molecule has 0 amide bonds. The molecular weight excluding hydrogens is 366 g/mol. The Labute approximate surface area is 132 Å². The van der Waals surface area contributed by atoms with E-state index < -0.39 is 0 Å². The summed E-state index contributed by atoms with van der Waals surface area (Å²) >= 11 is 7.18. The van der Waals surface area contributed by atoms with E-state index in [0.29, 0.717) is 6.04 Å². The van der Waals surface area contributed by atoms with E-state index in [-0.39, 0.29) is 0 Å². The van der Waals surface area contributed by atoms with Crippen molar-refractivity contribution in [3.63, 3.8) is 0 Å². The molecule has 0 saturated heterocycles. The molecule has 1 N–H and O–H groups in total. The van der Waals surface area contributed by atoms with Gasteiger partial charge in [-0.3, -0.25) is 0 Å². The van der Waals surface area contributed by atoms with Gasteiger partial charge in [0.2, 0.25) is 0 Å². The number of benzene rings is 1. The Morgan fingerprint density at radius 2 is 1.68 bits per heavy atom. The van der Waals surface area contributed by atoms with Gasteiger partial charge in [-0.05, 0) is 78.1 Å². The molecule has 0 bridgehead atoms. The Bertz CT molecular complexity index is 442. The second kappa shape index (κ2) is 5.77. The fourth-order valence-corrected chi connectivity index (χ4v) is 4.55. The Morgan fingerprint density at radius 1 is 1.00 bits per heavy atom. The van der Waals surface area contributed by atoms with Gasteiger partial charge in [-0.15, -0.1) is 0 Å². The molecule has 0 radical (unpaired) electrons. The van der Waals surface area contributed by atoms with E-state index in [2.05, 4.69) is 55.4 Å². The third-order valence-corrected chi connectivity index (χ3v) is 6.18. The van der Waals surface area contributed by atoms with Crippen molar-refractivity contribution in [2.75, 3.05) is 5.32 Å². The zero-order chi connectivity index (χ0) is 13.3. The van der Waals surface area contributed by atoms with Gasteiger partial charge in [0.1, 0.15) is 0 Å². The van der Waals surface area contributed by atoms with Gasteiger partial charge < -0.3 is 5.32 Å². The van der Waals surface area contributed by atoms with Crippen molar-refractivity contribution in [2.24, 2.45) is 5.41 Å². The van der Waals surface area contributed by atoms with Gasteiger partial charge in [0.25, 0.3) is 0 Å². The standard InChI is InChI=1S/C16H21Br2N/c17-12-3-4-14(18)15(11-12)19-13-5-9-16(10-6-13)7-1-2-8-16/h3-4,11,13,19H,1-2,5-10H2. The minimum absolute atomic E-state index is 0.650. The van der Waals surface area contributed by atoms with E-state index in [1.54, 1.807) is 0 Å². The lowest BCUT2D eigenvalue weighted by atomic mass is 9.71. The molecule has 3 heteroatoms. The van der Waals surface area contributed by atoms with Crippen molar-refractivity contribution < 1.29 is 0 Å². The van der Waals surface area contributed by atoms with E-state index in [1.807, 2.05) is 0 Å². The Kier molecular flexibility index (Phi) is 4.23. The highest BCUT2D eigenvalue weighted by Gasteiger charge is 2.37. The van der Waals surface area contributed by atoms with Gasteiger partial charge in [-0.2, -0.15) is 0 Å². The first kappa shape index (κ1) is 13.9. The molecule has 3 rings (SSSR count). The average Bonchev–Trinajstić information content (AvgIpc) is 2.85. The zero-order valence-electron chi connectivity index (χ0n) is 11.2. The topological polar surface area (TPSA) is 12.0 Å². The second-order valence-electron chi connectivity index (χ2n) is 6.25. The summed E-state index contributed by atoms with van der Waals surface area (Å²) in [4.78, 5) is 0. The van der Waals surface area contributed by atoms with Crippen LogP contribution in [-0.2, 0) is 0 Å². The number of anilines is 1.